The maximum atomic E-state index is 12.4. The highest BCUT2D eigenvalue weighted by atomic mass is 32.2. The monoisotopic (exact) mass is 371 g/mol. The van der Waals surface area contributed by atoms with E-state index in [-0.39, 0.29) is 11.4 Å². The zero-order valence-corrected chi connectivity index (χ0v) is 17.6. The van der Waals surface area contributed by atoms with Gasteiger partial charge in [-0.05, 0) is 81.1 Å². The highest BCUT2D eigenvalue weighted by molar-refractivity contribution is 8.18. The summed E-state index contributed by atoms with van der Waals surface area (Å²) < 4.78 is 0. The van der Waals surface area contributed by atoms with E-state index < -0.39 is 0 Å². The van der Waals surface area contributed by atoms with Crippen LogP contribution in [0.25, 0.3) is 6.08 Å². The molecule has 4 nitrogen and oxygen atoms in total. The Morgan fingerprint density at radius 3 is 2.62 bits per heavy atom. The molecule has 3 rings (SSSR count). The van der Waals surface area contributed by atoms with E-state index in [1.165, 1.54) is 23.0 Å². The van der Waals surface area contributed by atoms with Gasteiger partial charge in [-0.1, -0.05) is 13.0 Å². The van der Waals surface area contributed by atoms with Crippen molar-refractivity contribution in [1.82, 2.24) is 4.90 Å². The highest BCUT2D eigenvalue weighted by Gasteiger charge is 2.37. The number of carbonyl (C=O) groups is 1. The molecule has 0 aliphatic carbocycles. The van der Waals surface area contributed by atoms with Gasteiger partial charge in [-0.2, -0.15) is 0 Å². The van der Waals surface area contributed by atoms with Crippen LogP contribution in [0.4, 0.5) is 5.69 Å². The Balaban J connectivity index is 2.01. The smallest absolute Gasteiger partial charge is 0.266 e. The second kappa shape index (κ2) is 6.76. The number of benzene rings is 1. The summed E-state index contributed by atoms with van der Waals surface area (Å²) in [5, 5.41) is 0.750. The Morgan fingerprint density at radius 1 is 1.35 bits per heavy atom. The molecule has 1 atom stereocenters. The van der Waals surface area contributed by atoms with Gasteiger partial charge in [0.05, 0.1) is 4.91 Å². The average molecular weight is 372 g/mol. The number of likely N-dealkylation sites (N-methyl/N-ethyl adjacent to an activating group) is 1. The van der Waals surface area contributed by atoms with E-state index in [2.05, 4.69) is 62.7 Å². The molecule has 2 aliphatic rings. The van der Waals surface area contributed by atoms with Crippen molar-refractivity contribution in [2.24, 2.45) is 4.99 Å². The molecule has 0 aromatic heterocycles. The minimum absolute atomic E-state index is 0.0197. The number of hydrogen-bond acceptors (Lipinski definition) is 4. The van der Waals surface area contributed by atoms with Gasteiger partial charge in [0, 0.05) is 31.4 Å². The lowest BCUT2D eigenvalue weighted by atomic mass is 9.79. The molecule has 2 heterocycles. The summed E-state index contributed by atoms with van der Waals surface area (Å²) in [6.45, 7) is 11.5. The summed E-state index contributed by atoms with van der Waals surface area (Å²) in [4.78, 5) is 21.5. The van der Waals surface area contributed by atoms with Crippen LogP contribution in [0.2, 0.25) is 0 Å². The zero-order valence-electron chi connectivity index (χ0n) is 16.8. The SMILES string of the molecule is CN=C1S/C(=C\c2ccc3c(c2)[C@H](C)CC(C)(C)N3C(C)C)C(=O)N1C. The van der Waals surface area contributed by atoms with Gasteiger partial charge in [-0.25, -0.2) is 0 Å². The van der Waals surface area contributed by atoms with Gasteiger partial charge >= 0.3 is 0 Å². The molecule has 1 fully saturated rings. The largest absolute Gasteiger partial charge is 0.364 e. The second-order valence-electron chi connectivity index (χ2n) is 8.18. The molecule has 140 valence electrons. The topological polar surface area (TPSA) is 35.9 Å². The number of anilines is 1. The van der Waals surface area contributed by atoms with Crippen molar-refractivity contribution >= 4 is 34.6 Å². The first kappa shape index (κ1) is 19.0. The van der Waals surface area contributed by atoms with Gasteiger partial charge in [0.15, 0.2) is 5.17 Å². The summed E-state index contributed by atoms with van der Waals surface area (Å²) in [5.74, 6) is 0.516. The summed E-state index contributed by atoms with van der Waals surface area (Å²) in [6.07, 6.45) is 3.12. The molecule has 1 saturated heterocycles. The Morgan fingerprint density at radius 2 is 2.04 bits per heavy atom. The van der Waals surface area contributed by atoms with Gasteiger partial charge in [-0.3, -0.25) is 14.7 Å². The Kier molecular flexibility index (Phi) is 4.95. The number of hydrogen-bond donors (Lipinski definition) is 0. The van der Waals surface area contributed by atoms with Crippen LogP contribution in [-0.2, 0) is 4.79 Å². The van der Waals surface area contributed by atoms with Gasteiger partial charge in [-0.15, -0.1) is 0 Å². The highest BCUT2D eigenvalue weighted by Crippen LogP contribution is 2.45. The van der Waals surface area contributed by atoms with Crippen LogP contribution in [-0.4, -0.2) is 41.7 Å². The second-order valence-corrected chi connectivity index (χ2v) is 9.19. The summed E-state index contributed by atoms with van der Waals surface area (Å²) in [6, 6.07) is 7.06. The molecule has 0 saturated carbocycles. The fourth-order valence-corrected chi connectivity index (χ4v) is 5.37. The van der Waals surface area contributed by atoms with Crippen molar-refractivity contribution in [3.05, 3.63) is 34.2 Å². The van der Waals surface area contributed by atoms with E-state index in [4.69, 9.17) is 0 Å². The van der Waals surface area contributed by atoms with Gasteiger partial charge in [0.1, 0.15) is 0 Å². The zero-order chi connectivity index (χ0) is 19.2. The third-order valence-corrected chi connectivity index (χ3v) is 6.46. The molecule has 2 aliphatic heterocycles. The first-order chi connectivity index (χ1) is 12.2. The predicted molar refractivity (Wildman–Crippen MR) is 113 cm³/mol. The maximum absolute atomic E-state index is 12.4. The van der Waals surface area contributed by atoms with E-state index in [1.807, 2.05) is 6.08 Å². The van der Waals surface area contributed by atoms with E-state index in [0.717, 1.165) is 22.1 Å². The summed E-state index contributed by atoms with van der Waals surface area (Å²) >= 11 is 1.44. The lowest BCUT2D eigenvalue weighted by Crippen LogP contribution is -2.51. The molecule has 1 amide bonds. The molecule has 1 aromatic rings. The standard InChI is InChI=1S/C21H29N3OS/c1-13(2)24-17-9-8-15(10-16(17)14(3)12-21(24,4)5)11-18-19(25)23(7)20(22-6)26-18/h8-11,13-14H,12H2,1-7H3/b18-11-,22-20?/t14-/m1/s1. The van der Waals surface area contributed by atoms with Crippen molar-refractivity contribution < 1.29 is 4.79 Å². The molecule has 0 spiro atoms. The molecular formula is C21H29N3OS. The Bertz CT molecular complexity index is 794. The predicted octanol–water partition coefficient (Wildman–Crippen LogP) is 4.72. The number of rotatable bonds is 2. The Hall–Kier alpha value is -1.75. The number of amides is 1. The van der Waals surface area contributed by atoms with Gasteiger partial charge in [0.2, 0.25) is 0 Å². The van der Waals surface area contributed by atoms with Crippen LogP contribution in [0.5, 0.6) is 0 Å². The molecule has 1 aromatic carbocycles. The third-order valence-electron chi connectivity index (χ3n) is 5.31. The van der Waals surface area contributed by atoms with Crippen LogP contribution in [0.1, 0.15) is 58.1 Å². The molecule has 26 heavy (non-hydrogen) atoms. The van der Waals surface area contributed by atoms with Gasteiger partial charge < -0.3 is 4.90 Å². The summed E-state index contributed by atoms with van der Waals surface area (Å²) in [7, 11) is 3.49. The van der Waals surface area contributed by atoms with Crippen LogP contribution in [0.3, 0.4) is 0 Å². The molecular weight excluding hydrogens is 342 g/mol. The maximum Gasteiger partial charge on any atom is 0.266 e. The van der Waals surface area contributed by atoms with Crippen LogP contribution >= 0.6 is 11.8 Å². The first-order valence-electron chi connectivity index (χ1n) is 9.23. The minimum atomic E-state index is 0.0197. The van der Waals surface area contributed by atoms with Crippen molar-refractivity contribution in [3.8, 4) is 0 Å². The van der Waals surface area contributed by atoms with Crippen LogP contribution in [0.15, 0.2) is 28.1 Å². The van der Waals surface area contributed by atoms with Crippen molar-refractivity contribution in [1.29, 1.82) is 0 Å². The van der Waals surface area contributed by atoms with E-state index in [9.17, 15) is 4.79 Å². The third kappa shape index (κ3) is 3.18. The number of amidine groups is 1. The summed E-state index contributed by atoms with van der Waals surface area (Å²) in [5.41, 5.74) is 3.93. The van der Waals surface area contributed by atoms with E-state index >= 15 is 0 Å². The number of nitrogens with zero attached hydrogens (tertiary/aromatic N) is 3. The normalized spacial score (nSPS) is 25.5. The lowest BCUT2D eigenvalue weighted by molar-refractivity contribution is -0.121. The van der Waals surface area contributed by atoms with Crippen LogP contribution in [0, 0.1) is 0 Å². The quantitative estimate of drug-likeness (QED) is 0.706. The molecule has 0 N–H and O–H groups in total. The number of fused-ring (bicyclic) bond motifs is 1. The average Bonchev–Trinajstić information content (AvgIpc) is 2.82. The number of carbonyl (C=O) groups excluding carboxylic acids is 1. The fourth-order valence-electron chi connectivity index (χ4n) is 4.44. The Labute approximate surface area is 161 Å². The lowest BCUT2D eigenvalue weighted by Gasteiger charge is -2.50. The number of thioether (sulfide) groups is 1. The minimum Gasteiger partial charge on any atom is -0.364 e. The van der Waals surface area contributed by atoms with Gasteiger partial charge in [0.25, 0.3) is 5.91 Å². The number of aliphatic imine (C=N–C) groups is 1. The molecule has 0 radical (unpaired) electrons. The fraction of sp³-hybridized carbons (Fsp3) is 0.524. The first-order valence-corrected chi connectivity index (χ1v) is 10.0. The van der Waals surface area contributed by atoms with Crippen molar-refractivity contribution in [2.75, 3.05) is 19.0 Å². The van der Waals surface area contributed by atoms with Crippen molar-refractivity contribution in [3.63, 3.8) is 0 Å². The van der Waals surface area contributed by atoms with E-state index in [0.29, 0.717) is 12.0 Å². The van der Waals surface area contributed by atoms with Crippen LogP contribution < -0.4 is 4.90 Å². The molecule has 0 bridgehead atoms. The molecule has 0 unspecified atom stereocenters. The van der Waals surface area contributed by atoms with Crippen molar-refractivity contribution in [2.45, 2.75) is 58.5 Å². The molecule has 5 heteroatoms. The van der Waals surface area contributed by atoms with E-state index in [1.54, 1.807) is 19.0 Å².